The second-order valence-corrected chi connectivity index (χ2v) is 6.78. The molecule has 3 aromatic carbocycles. The van der Waals surface area contributed by atoms with E-state index in [1.807, 2.05) is 42.5 Å². The third kappa shape index (κ3) is 7.31. The van der Waals surface area contributed by atoms with Gasteiger partial charge >= 0.3 is 6.03 Å². The summed E-state index contributed by atoms with van der Waals surface area (Å²) >= 11 is 5.88. The molecule has 0 fully saturated rings. The average molecular weight is 408 g/mol. The Morgan fingerprint density at radius 3 is 2.55 bits per heavy atom. The molecule has 0 heterocycles. The van der Waals surface area contributed by atoms with Gasteiger partial charge in [0.2, 0.25) is 0 Å². The molecule has 148 valence electrons. The molecule has 0 radical (unpaired) electrons. The summed E-state index contributed by atoms with van der Waals surface area (Å²) in [5, 5.41) is 7.14. The maximum atomic E-state index is 11.8. The van der Waals surface area contributed by atoms with Crippen molar-refractivity contribution in [2.24, 2.45) is 5.10 Å². The first-order chi connectivity index (χ1) is 14.2. The van der Waals surface area contributed by atoms with Crippen molar-refractivity contribution in [3.05, 3.63) is 95.0 Å². The maximum Gasteiger partial charge on any atom is 0.339 e. The van der Waals surface area contributed by atoms with Crippen LogP contribution < -0.4 is 15.5 Å². The zero-order valence-electron chi connectivity index (χ0n) is 15.8. The van der Waals surface area contributed by atoms with Gasteiger partial charge in [-0.25, -0.2) is 10.2 Å². The van der Waals surface area contributed by atoms with E-state index < -0.39 is 6.03 Å². The van der Waals surface area contributed by atoms with Crippen LogP contribution >= 0.6 is 11.6 Å². The van der Waals surface area contributed by atoms with Gasteiger partial charge in [-0.2, -0.15) is 5.10 Å². The lowest BCUT2D eigenvalue weighted by Crippen LogP contribution is -2.24. The molecule has 0 aliphatic carbocycles. The van der Waals surface area contributed by atoms with E-state index in [2.05, 4.69) is 28.0 Å². The first kappa shape index (κ1) is 20.4. The summed E-state index contributed by atoms with van der Waals surface area (Å²) in [4.78, 5) is 11.8. The Labute approximate surface area is 175 Å². The van der Waals surface area contributed by atoms with E-state index in [-0.39, 0.29) is 0 Å². The fourth-order valence-corrected chi connectivity index (χ4v) is 2.84. The van der Waals surface area contributed by atoms with E-state index in [0.29, 0.717) is 17.3 Å². The molecule has 2 amide bonds. The maximum absolute atomic E-state index is 11.8. The largest absolute Gasteiger partial charge is 0.494 e. The highest BCUT2D eigenvalue weighted by Crippen LogP contribution is 2.15. The first-order valence-electron chi connectivity index (χ1n) is 9.31. The van der Waals surface area contributed by atoms with Crippen molar-refractivity contribution < 1.29 is 9.53 Å². The number of aryl methyl sites for hydroxylation is 1. The van der Waals surface area contributed by atoms with Gasteiger partial charge in [0, 0.05) is 10.7 Å². The lowest BCUT2D eigenvalue weighted by molar-refractivity contribution is 0.252. The molecule has 29 heavy (non-hydrogen) atoms. The molecule has 6 heteroatoms. The second-order valence-electron chi connectivity index (χ2n) is 6.34. The predicted octanol–water partition coefficient (Wildman–Crippen LogP) is 5.51. The number of halogens is 1. The minimum absolute atomic E-state index is 0.443. The van der Waals surface area contributed by atoms with Crippen LogP contribution in [0, 0.1) is 0 Å². The molecule has 0 spiro atoms. The summed E-state index contributed by atoms with van der Waals surface area (Å²) in [5.74, 6) is 0.807. The lowest BCUT2D eigenvalue weighted by Gasteiger charge is -2.06. The third-order valence-corrected chi connectivity index (χ3v) is 4.30. The molecule has 5 nitrogen and oxygen atoms in total. The molecule has 0 unspecified atom stereocenters. The average Bonchev–Trinajstić information content (AvgIpc) is 2.73. The molecule has 0 aliphatic heterocycles. The number of urea groups is 1. The van der Waals surface area contributed by atoms with Crippen LogP contribution in [0.2, 0.25) is 5.02 Å². The predicted molar refractivity (Wildman–Crippen MR) is 118 cm³/mol. The summed E-state index contributed by atoms with van der Waals surface area (Å²) in [7, 11) is 0. The van der Waals surface area contributed by atoms with Gasteiger partial charge in [0.05, 0.1) is 12.8 Å². The quantitative estimate of drug-likeness (QED) is 0.294. The van der Waals surface area contributed by atoms with Crippen LogP contribution in [0.5, 0.6) is 5.75 Å². The van der Waals surface area contributed by atoms with Crippen molar-refractivity contribution in [3.8, 4) is 5.75 Å². The zero-order chi connectivity index (χ0) is 20.3. The van der Waals surface area contributed by atoms with Crippen molar-refractivity contribution in [3.63, 3.8) is 0 Å². The normalized spacial score (nSPS) is 10.7. The van der Waals surface area contributed by atoms with Crippen LogP contribution in [0.1, 0.15) is 17.5 Å². The van der Waals surface area contributed by atoms with Crippen molar-refractivity contribution >= 4 is 29.5 Å². The zero-order valence-corrected chi connectivity index (χ0v) is 16.6. The van der Waals surface area contributed by atoms with Crippen LogP contribution in [0.4, 0.5) is 10.5 Å². The highest BCUT2D eigenvalue weighted by atomic mass is 35.5. The number of nitrogens with zero attached hydrogens (tertiary/aromatic N) is 1. The molecule has 2 N–H and O–H groups in total. The molecule has 0 saturated heterocycles. The Kier molecular flexibility index (Phi) is 7.66. The first-order valence-corrected chi connectivity index (χ1v) is 9.69. The van der Waals surface area contributed by atoms with Crippen molar-refractivity contribution in [1.29, 1.82) is 0 Å². The van der Waals surface area contributed by atoms with Crippen LogP contribution in [0.3, 0.4) is 0 Å². The smallest absolute Gasteiger partial charge is 0.339 e. The van der Waals surface area contributed by atoms with Crippen LogP contribution in [-0.2, 0) is 6.42 Å². The lowest BCUT2D eigenvalue weighted by atomic mass is 10.1. The summed E-state index contributed by atoms with van der Waals surface area (Å²) in [6, 6.07) is 24.3. The van der Waals surface area contributed by atoms with Crippen LogP contribution in [0.15, 0.2) is 84.0 Å². The fourth-order valence-electron chi connectivity index (χ4n) is 2.65. The summed E-state index contributed by atoms with van der Waals surface area (Å²) < 4.78 is 5.77. The number of amides is 2. The Bertz CT molecular complexity index is 944. The van der Waals surface area contributed by atoms with E-state index in [4.69, 9.17) is 16.3 Å². The molecule has 0 aromatic heterocycles. The van der Waals surface area contributed by atoms with Gasteiger partial charge in [0.15, 0.2) is 0 Å². The number of hydrazone groups is 1. The van der Waals surface area contributed by atoms with Crippen molar-refractivity contribution in [2.45, 2.75) is 12.8 Å². The number of carbonyl (C=O) groups is 1. The number of hydrogen-bond acceptors (Lipinski definition) is 3. The number of rotatable bonds is 8. The Hall–Kier alpha value is -3.31. The topological polar surface area (TPSA) is 62.7 Å². The summed E-state index contributed by atoms with van der Waals surface area (Å²) in [6.45, 7) is 0.660. The van der Waals surface area contributed by atoms with Gasteiger partial charge in [-0.15, -0.1) is 0 Å². The minimum atomic E-state index is -0.443. The molecular formula is C23H22ClN3O2. The Morgan fingerprint density at radius 1 is 1.00 bits per heavy atom. The van der Waals surface area contributed by atoms with E-state index in [0.717, 1.165) is 24.2 Å². The number of hydrogen-bond donors (Lipinski definition) is 2. The summed E-state index contributed by atoms with van der Waals surface area (Å²) in [6.07, 6.45) is 3.52. The van der Waals surface area contributed by atoms with E-state index in [1.165, 1.54) is 5.56 Å². The molecule has 3 aromatic rings. The SMILES string of the molecule is O=C(N/N=C\c1ccc(OCCCc2ccccc2)cc1)Nc1cccc(Cl)c1. The van der Waals surface area contributed by atoms with Gasteiger partial charge in [-0.3, -0.25) is 0 Å². The highest BCUT2D eigenvalue weighted by molar-refractivity contribution is 6.30. The number of ether oxygens (including phenoxy) is 1. The minimum Gasteiger partial charge on any atom is -0.494 e. The molecule has 0 aliphatic rings. The fraction of sp³-hybridized carbons (Fsp3) is 0.130. The number of carbonyl (C=O) groups excluding carboxylic acids is 1. The molecule has 0 atom stereocenters. The third-order valence-electron chi connectivity index (χ3n) is 4.06. The van der Waals surface area contributed by atoms with Gasteiger partial charge in [-0.05, 0) is 66.4 Å². The number of nitrogens with one attached hydrogen (secondary N) is 2. The van der Waals surface area contributed by atoms with Crippen LogP contribution in [-0.4, -0.2) is 18.9 Å². The molecule has 0 bridgehead atoms. The van der Waals surface area contributed by atoms with Gasteiger partial charge < -0.3 is 10.1 Å². The molecule has 3 rings (SSSR count). The number of benzene rings is 3. The summed E-state index contributed by atoms with van der Waals surface area (Å²) in [5.41, 5.74) is 5.18. The van der Waals surface area contributed by atoms with Crippen molar-refractivity contribution in [2.75, 3.05) is 11.9 Å². The van der Waals surface area contributed by atoms with Crippen LogP contribution in [0.25, 0.3) is 0 Å². The van der Waals surface area contributed by atoms with Gasteiger partial charge in [0.1, 0.15) is 5.75 Å². The van der Waals surface area contributed by atoms with E-state index in [9.17, 15) is 4.79 Å². The van der Waals surface area contributed by atoms with E-state index in [1.54, 1.807) is 30.5 Å². The monoisotopic (exact) mass is 407 g/mol. The standard InChI is InChI=1S/C23H22ClN3O2/c24-20-9-4-10-21(16-20)26-23(28)27-25-17-19-11-13-22(14-12-19)29-15-5-8-18-6-2-1-3-7-18/h1-4,6-7,9-14,16-17H,5,8,15H2,(H2,26,27,28)/b25-17-. The van der Waals surface area contributed by atoms with Gasteiger partial charge in [0.25, 0.3) is 0 Å². The Balaban J connectivity index is 1.38. The second kappa shape index (κ2) is 10.9. The number of anilines is 1. The highest BCUT2D eigenvalue weighted by Gasteiger charge is 2.00. The van der Waals surface area contributed by atoms with Crippen molar-refractivity contribution in [1.82, 2.24) is 5.43 Å². The molecule has 0 saturated carbocycles. The Morgan fingerprint density at radius 2 is 1.79 bits per heavy atom. The van der Waals surface area contributed by atoms with E-state index >= 15 is 0 Å². The molecular weight excluding hydrogens is 386 g/mol. The van der Waals surface area contributed by atoms with Gasteiger partial charge in [-0.1, -0.05) is 48.0 Å².